The fraction of sp³-hybridized carbons (Fsp3) is 0.280. The van der Waals surface area contributed by atoms with Crippen molar-refractivity contribution in [3.8, 4) is 0 Å². The third-order valence-electron chi connectivity index (χ3n) is 5.49. The first-order chi connectivity index (χ1) is 16.0. The second kappa shape index (κ2) is 10.2. The van der Waals surface area contributed by atoms with Crippen molar-refractivity contribution in [2.75, 3.05) is 11.3 Å². The number of aromatic nitrogens is 1. The van der Waals surface area contributed by atoms with Crippen LogP contribution in [0.15, 0.2) is 53.4 Å². The Kier molecular flexibility index (Phi) is 7.56. The first-order valence-electron chi connectivity index (χ1n) is 10.8. The standard InChI is InChI=1S/C25H27FN2O5S/c1-5-12-28-17(3)14-21(18(28)4)24(29)15-33-25(30)20-8-6-7-9-23(20)27-34(31,32)19-10-11-22(26)16(2)13-19/h6-11,13-14,27H,5,12,15H2,1-4H3. The van der Waals surface area contributed by atoms with Gasteiger partial charge in [-0.1, -0.05) is 19.1 Å². The highest BCUT2D eigenvalue weighted by atomic mass is 32.2. The van der Waals surface area contributed by atoms with Gasteiger partial charge in [0.05, 0.1) is 16.1 Å². The number of hydrogen-bond donors (Lipinski definition) is 1. The fourth-order valence-electron chi connectivity index (χ4n) is 3.68. The van der Waals surface area contributed by atoms with Crippen molar-refractivity contribution in [1.82, 2.24) is 4.57 Å². The van der Waals surface area contributed by atoms with Gasteiger partial charge in [-0.05, 0) is 69.2 Å². The third-order valence-corrected chi connectivity index (χ3v) is 6.85. The van der Waals surface area contributed by atoms with Crippen molar-refractivity contribution < 1.29 is 27.1 Å². The summed E-state index contributed by atoms with van der Waals surface area (Å²) >= 11 is 0. The number of carbonyl (C=O) groups excluding carboxylic acids is 2. The molecule has 34 heavy (non-hydrogen) atoms. The van der Waals surface area contributed by atoms with E-state index in [1.165, 1.54) is 25.1 Å². The summed E-state index contributed by atoms with van der Waals surface area (Å²) in [5.74, 6) is -1.71. The van der Waals surface area contributed by atoms with Crippen LogP contribution in [0.25, 0.3) is 0 Å². The van der Waals surface area contributed by atoms with Gasteiger partial charge in [-0.25, -0.2) is 17.6 Å². The molecule has 0 unspecified atom stereocenters. The number of carbonyl (C=O) groups is 2. The van der Waals surface area contributed by atoms with Crippen molar-refractivity contribution in [2.45, 2.75) is 45.6 Å². The number of benzene rings is 2. The first kappa shape index (κ1) is 25.2. The van der Waals surface area contributed by atoms with Crippen molar-refractivity contribution in [3.63, 3.8) is 0 Å². The molecule has 0 aliphatic heterocycles. The minimum absolute atomic E-state index is 0.0111. The van der Waals surface area contributed by atoms with Crippen LogP contribution in [-0.2, 0) is 21.3 Å². The Balaban J connectivity index is 1.76. The molecule has 1 aromatic heterocycles. The molecular formula is C25H27FN2O5S. The Hall–Kier alpha value is -3.46. The SMILES string of the molecule is CCCn1c(C)cc(C(=O)COC(=O)c2ccccc2NS(=O)(=O)c2ccc(F)c(C)c2)c1C. The highest BCUT2D eigenvalue weighted by Gasteiger charge is 2.22. The molecule has 0 aliphatic rings. The summed E-state index contributed by atoms with van der Waals surface area (Å²) in [6.45, 7) is 7.57. The third kappa shape index (κ3) is 5.36. The van der Waals surface area contributed by atoms with Gasteiger partial charge in [0.15, 0.2) is 6.61 Å². The van der Waals surface area contributed by atoms with E-state index in [0.29, 0.717) is 5.56 Å². The fourth-order valence-corrected chi connectivity index (χ4v) is 4.84. The smallest absolute Gasteiger partial charge is 0.340 e. The maximum atomic E-state index is 13.5. The van der Waals surface area contributed by atoms with E-state index >= 15 is 0 Å². The second-order valence-corrected chi connectivity index (χ2v) is 9.68. The second-order valence-electron chi connectivity index (χ2n) is 8.00. The van der Waals surface area contributed by atoms with Gasteiger partial charge < -0.3 is 9.30 Å². The maximum Gasteiger partial charge on any atom is 0.340 e. The Morgan fingerprint density at radius 1 is 1.03 bits per heavy atom. The summed E-state index contributed by atoms with van der Waals surface area (Å²) in [6, 6.07) is 11.1. The molecule has 0 bridgehead atoms. The molecule has 0 radical (unpaired) electrons. The molecule has 0 saturated carbocycles. The van der Waals surface area contributed by atoms with Gasteiger partial charge in [-0.3, -0.25) is 9.52 Å². The Morgan fingerprint density at radius 3 is 2.41 bits per heavy atom. The van der Waals surface area contributed by atoms with Gasteiger partial charge in [0.1, 0.15) is 5.82 Å². The van der Waals surface area contributed by atoms with E-state index in [1.54, 1.807) is 18.2 Å². The Labute approximate surface area is 198 Å². The topological polar surface area (TPSA) is 94.5 Å². The average molecular weight is 487 g/mol. The van der Waals surface area contributed by atoms with Crippen LogP contribution < -0.4 is 4.72 Å². The maximum absolute atomic E-state index is 13.5. The van der Waals surface area contributed by atoms with Crippen LogP contribution in [0.5, 0.6) is 0 Å². The zero-order valence-corrected chi connectivity index (χ0v) is 20.3. The number of para-hydroxylation sites is 1. The largest absolute Gasteiger partial charge is 0.454 e. The lowest BCUT2D eigenvalue weighted by Crippen LogP contribution is -2.19. The zero-order chi connectivity index (χ0) is 25.0. The molecular weight excluding hydrogens is 459 g/mol. The molecule has 3 aromatic rings. The van der Waals surface area contributed by atoms with E-state index in [0.717, 1.165) is 36.5 Å². The van der Waals surface area contributed by atoms with Crippen molar-refractivity contribution in [1.29, 1.82) is 0 Å². The van der Waals surface area contributed by atoms with Crippen LogP contribution in [0, 0.1) is 26.6 Å². The quantitative estimate of drug-likeness (QED) is 0.346. The predicted octanol–water partition coefficient (Wildman–Crippen LogP) is 4.80. The van der Waals surface area contributed by atoms with Crippen LogP contribution in [0.1, 0.15) is 51.0 Å². The summed E-state index contributed by atoms with van der Waals surface area (Å²) in [5.41, 5.74) is 2.36. The number of anilines is 1. The van der Waals surface area contributed by atoms with E-state index in [-0.39, 0.29) is 27.5 Å². The number of sulfonamides is 1. The van der Waals surface area contributed by atoms with Gasteiger partial charge in [0.25, 0.3) is 10.0 Å². The molecule has 7 nitrogen and oxygen atoms in total. The lowest BCUT2D eigenvalue weighted by molar-refractivity contribution is 0.0475. The summed E-state index contributed by atoms with van der Waals surface area (Å²) in [6.07, 6.45) is 0.920. The number of ether oxygens (including phenoxy) is 1. The van der Waals surface area contributed by atoms with Crippen LogP contribution in [0.4, 0.5) is 10.1 Å². The molecule has 0 aliphatic carbocycles. The number of aryl methyl sites for hydroxylation is 2. The minimum Gasteiger partial charge on any atom is -0.454 e. The van der Waals surface area contributed by atoms with Gasteiger partial charge in [-0.2, -0.15) is 0 Å². The van der Waals surface area contributed by atoms with Crippen LogP contribution >= 0.6 is 0 Å². The highest BCUT2D eigenvalue weighted by molar-refractivity contribution is 7.92. The van der Waals surface area contributed by atoms with Crippen LogP contribution in [0.2, 0.25) is 0 Å². The summed E-state index contributed by atoms with van der Waals surface area (Å²) in [7, 11) is -4.09. The molecule has 0 atom stereocenters. The molecule has 0 saturated heterocycles. The number of hydrogen-bond acceptors (Lipinski definition) is 5. The minimum atomic E-state index is -4.09. The number of nitrogens with zero attached hydrogens (tertiary/aromatic N) is 1. The monoisotopic (exact) mass is 486 g/mol. The van der Waals surface area contributed by atoms with Crippen LogP contribution in [0.3, 0.4) is 0 Å². The number of ketones is 1. The van der Waals surface area contributed by atoms with Gasteiger partial charge in [0.2, 0.25) is 5.78 Å². The Morgan fingerprint density at radius 2 is 1.74 bits per heavy atom. The molecule has 180 valence electrons. The van der Waals surface area contributed by atoms with Crippen molar-refractivity contribution >= 4 is 27.5 Å². The molecule has 1 heterocycles. The number of halogens is 1. The molecule has 0 spiro atoms. The molecule has 0 fully saturated rings. The molecule has 0 amide bonds. The van der Waals surface area contributed by atoms with Gasteiger partial charge >= 0.3 is 5.97 Å². The number of Topliss-reactive ketones (excluding diaryl/α,β-unsaturated/α-hetero) is 1. The van der Waals surface area contributed by atoms with E-state index in [1.807, 2.05) is 25.3 Å². The highest BCUT2D eigenvalue weighted by Crippen LogP contribution is 2.23. The molecule has 9 heteroatoms. The molecule has 1 N–H and O–H groups in total. The molecule has 2 aromatic carbocycles. The number of esters is 1. The van der Waals surface area contributed by atoms with E-state index in [2.05, 4.69) is 4.72 Å². The zero-order valence-electron chi connectivity index (χ0n) is 19.5. The predicted molar refractivity (Wildman–Crippen MR) is 127 cm³/mol. The van der Waals surface area contributed by atoms with Crippen molar-refractivity contribution in [2.24, 2.45) is 0 Å². The lowest BCUT2D eigenvalue weighted by Gasteiger charge is -2.13. The van der Waals surface area contributed by atoms with E-state index in [9.17, 15) is 22.4 Å². The van der Waals surface area contributed by atoms with Crippen LogP contribution in [-0.4, -0.2) is 31.3 Å². The Bertz CT molecular complexity index is 1350. The normalized spacial score (nSPS) is 11.3. The van der Waals surface area contributed by atoms with Gasteiger partial charge in [-0.15, -0.1) is 0 Å². The van der Waals surface area contributed by atoms with E-state index in [4.69, 9.17) is 4.74 Å². The van der Waals surface area contributed by atoms with Gasteiger partial charge in [0, 0.05) is 23.5 Å². The lowest BCUT2D eigenvalue weighted by atomic mass is 10.1. The summed E-state index contributed by atoms with van der Waals surface area (Å²) in [5, 5.41) is 0. The molecule has 3 rings (SSSR count). The van der Waals surface area contributed by atoms with E-state index < -0.39 is 28.4 Å². The average Bonchev–Trinajstić information content (AvgIpc) is 3.08. The first-order valence-corrected chi connectivity index (χ1v) is 12.3. The summed E-state index contributed by atoms with van der Waals surface area (Å²) < 4.78 is 48.7. The number of nitrogens with one attached hydrogen (secondary N) is 1. The van der Waals surface area contributed by atoms with Crippen molar-refractivity contribution in [3.05, 3.63) is 82.4 Å². The number of rotatable bonds is 9. The summed E-state index contributed by atoms with van der Waals surface area (Å²) in [4.78, 5) is 25.3.